The molecular formula is C17H28N2O4. The van der Waals surface area contributed by atoms with Crippen LogP contribution in [0, 0.1) is 5.92 Å². The number of carbonyl (C=O) groups excluding carboxylic acids is 2. The molecule has 130 valence electrons. The Labute approximate surface area is 137 Å². The fourth-order valence-electron chi connectivity index (χ4n) is 4.44. The summed E-state index contributed by atoms with van der Waals surface area (Å²) >= 11 is 0. The van der Waals surface area contributed by atoms with Crippen molar-refractivity contribution in [1.82, 2.24) is 9.80 Å². The second kappa shape index (κ2) is 6.77. The van der Waals surface area contributed by atoms with E-state index in [-0.39, 0.29) is 36.9 Å². The van der Waals surface area contributed by atoms with E-state index < -0.39 is 5.60 Å². The Balaban J connectivity index is 1.66. The van der Waals surface area contributed by atoms with Crippen LogP contribution >= 0.6 is 0 Å². The third kappa shape index (κ3) is 3.53. The zero-order valence-electron chi connectivity index (χ0n) is 14.0. The Bertz CT molecular complexity index is 466. The van der Waals surface area contributed by atoms with Crippen LogP contribution in [0.3, 0.4) is 0 Å². The number of carbonyl (C=O) groups is 2. The molecule has 1 aliphatic carbocycles. The number of morpholine rings is 1. The molecular weight excluding hydrogens is 296 g/mol. The molecule has 2 amide bonds. The van der Waals surface area contributed by atoms with Gasteiger partial charge < -0.3 is 19.6 Å². The fourth-order valence-corrected chi connectivity index (χ4v) is 4.44. The van der Waals surface area contributed by atoms with Crippen molar-refractivity contribution in [1.29, 1.82) is 0 Å². The number of aliphatic hydroxyl groups is 1. The average molecular weight is 324 g/mol. The summed E-state index contributed by atoms with van der Waals surface area (Å²) in [4.78, 5) is 28.1. The number of amides is 2. The van der Waals surface area contributed by atoms with Gasteiger partial charge in [-0.1, -0.05) is 12.8 Å². The molecule has 1 N–H and O–H groups in total. The van der Waals surface area contributed by atoms with E-state index >= 15 is 0 Å². The van der Waals surface area contributed by atoms with E-state index in [2.05, 4.69) is 0 Å². The van der Waals surface area contributed by atoms with E-state index in [4.69, 9.17) is 4.74 Å². The lowest BCUT2D eigenvalue weighted by atomic mass is 9.72. The van der Waals surface area contributed by atoms with E-state index in [1.807, 2.05) is 11.8 Å². The van der Waals surface area contributed by atoms with E-state index in [9.17, 15) is 14.7 Å². The minimum atomic E-state index is -0.680. The minimum absolute atomic E-state index is 0.0177. The molecule has 2 aliphatic heterocycles. The number of rotatable bonds is 3. The van der Waals surface area contributed by atoms with Crippen LogP contribution in [-0.4, -0.2) is 71.2 Å². The zero-order chi connectivity index (χ0) is 16.4. The van der Waals surface area contributed by atoms with Gasteiger partial charge in [-0.15, -0.1) is 0 Å². The summed E-state index contributed by atoms with van der Waals surface area (Å²) in [7, 11) is 0. The number of hydrogen-bond donors (Lipinski definition) is 1. The molecule has 0 spiro atoms. The average Bonchev–Trinajstić information content (AvgIpc) is 2.98. The highest BCUT2D eigenvalue weighted by Crippen LogP contribution is 2.40. The van der Waals surface area contributed by atoms with Gasteiger partial charge in [0.05, 0.1) is 18.8 Å². The summed E-state index contributed by atoms with van der Waals surface area (Å²) < 4.78 is 5.11. The van der Waals surface area contributed by atoms with E-state index in [1.165, 1.54) is 0 Å². The Morgan fingerprint density at radius 2 is 2.13 bits per heavy atom. The normalized spacial score (nSPS) is 35.7. The molecule has 23 heavy (non-hydrogen) atoms. The van der Waals surface area contributed by atoms with Crippen LogP contribution in [0.15, 0.2) is 0 Å². The van der Waals surface area contributed by atoms with Gasteiger partial charge in [0, 0.05) is 25.0 Å². The zero-order valence-corrected chi connectivity index (χ0v) is 14.0. The molecule has 0 unspecified atom stereocenters. The van der Waals surface area contributed by atoms with Crippen LogP contribution in [0.25, 0.3) is 0 Å². The van der Waals surface area contributed by atoms with Gasteiger partial charge in [0.25, 0.3) is 0 Å². The van der Waals surface area contributed by atoms with Crippen molar-refractivity contribution in [3.63, 3.8) is 0 Å². The summed E-state index contributed by atoms with van der Waals surface area (Å²) in [6.45, 7) is 3.88. The predicted molar refractivity (Wildman–Crippen MR) is 84.7 cm³/mol. The summed E-state index contributed by atoms with van der Waals surface area (Å²) in [5.74, 6) is 0.0669. The number of likely N-dealkylation sites (tertiary alicyclic amines) is 1. The first-order chi connectivity index (χ1) is 11.0. The molecule has 0 bridgehead atoms. The number of nitrogens with zero attached hydrogens (tertiary/aromatic N) is 2. The van der Waals surface area contributed by atoms with Crippen molar-refractivity contribution in [2.45, 2.75) is 57.1 Å². The summed E-state index contributed by atoms with van der Waals surface area (Å²) in [5, 5.41) is 10.7. The topological polar surface area (TPSA) is 70.1 Å². The monoisotopic (exact) mass is 324 g/mol. The van der Waals surface area contributed by atoms with Gasteiger partial charge in [-0.3, -0.25) is 9.59 Å². The molecule has 3 fully saturated rings. The number of ether oxygens (including phenoxy) is 1. The first kappa shape index (κ1) is 16.7. The van der Waals surface area contributed by atoms with Crippen molar-refractivity contribution in [2.24, 2.45) is 5.92 Å². The van der Waals surface area contributed by atoms with Gasteiger partial charge in [0.15, 0.2) is 0 Å². The van der Waals surface area contributed by atoms with Crippen LogP contribution in [0.1, 0.15) is 45.4 Å². The van der Waals surface area contributed by atoms with Gasteiger partial charge >= 0.3 is 0 Å². The molecule has 1 saturated carbocycles. The van der Waals surface area contributed by atoms with Gasteiger partial charge in [0.2, 0.25) is 11.8 Å². The fraction of sp³-hybridized carbons (Fsp3) is 0.882. The van der Waals surface area contributed by atoms with Crippen molar-refractivity contribution in [3.8, 4) is 0 Å². The quantitative estimate of drug-likeness (QED) is 0.833. The second-order valence-electron chi connectivity index (χ2n) is 7.37. The van der Waals surface area contributed by atoms with Gasteiger partial charge in [-0.2, -0.15) is 0 Å². The van der Waals surface area contributed by atoms with Crippen molar-refractivity contribution in [3.05, 3.63) is 0 Å². The maximum Gasteiger partial charge on any atom is 0.249 e. The van der Waals surface area contributed by atoms with Crippen LogP contribution in [-0.2, 0) is 14.3 Å². The molecule has 6 nitrogen and oxygen atoms in total. The summed E-state index contributed by atoms with van der Waals surface area (Å²) in [6, 6.07) is 0.119. The summed E-state index contributed by atoms with van der Waals surface area (Å²) in [6.07, 6.45) is 5.94. The Morgan fingerprint density at radius 1 is 1.30 bits per heavy atom. The largest absolute Gasteiger partial charge is 0.390 e. The number of hydrogen-bond acceptors (Lipinski definition) is 4. The third-order valence-electron chi connectivity index (χ3n) is 5.74. The highest BCUT2D eigenvalue weighted by molar-refractivity contribution is 5.86. The standard InChI is InChI=1S/C17H28N2O4/c1-17(22)7-3-2-5-13(17)14-6-4-8-19(14)15(20)11-18-9-10-23-12-16(18)21/h13-14,22H,2-12H2,1H3/t13-,14-,17+/m1/s1. The van der Waals surface area contributed by atoms with E-state index in [0.29, 0.717) is 13.2 Å². The molecule has 0 radical (unpaired) electrons. The molecule has 0 aromatic carbocycles. The van der Waals surface area contributed by atoms with Gasteiger partial charge in [-0.05, 0) is 32.6 Å². The predicted octanol–water partition coefficient (Wildman–Crippen LogP) is 0.777. The van der Waals surface area contributed by atoms with Crippen LogP contribution in [0.4, 0.5) is 0 Å². The lowest BCUT2D eigenvalue weighted by Crippen LogP contribution is -2.53. The minimum Gasteiger partial charge on any atom is -0.390 e. The molecule has 3 rings (SSSR count). The lowest BCUT2D eigenvalue weighted by molar-refractivity contribution is -0.150. The maximum absolute atomic E-state index is 12.7. The van der Waals surface area contributed by atoms with Crippen LogP contribution in [0.5, 0.6) is 0 Å². The Kier molecular flexibility index (Phi) is 4.92. The highest BCUT2D eigenvalue weighted by Gasteiger charge is 2.44. The molecule has 0 aromatic heterocycles. The maximum atomic E-state index is 12.7. The van der Waals surface area contributed by atoms with Crippen molar-refractivity contribution >= 4 is 11.8 Å². The second-order valence-corrected chi connectivity index (χ2v) is 7.37. The SMILES string of the molecule is C[C@]1(O)CCCC[C@@H]1[C@H]1CCCN1C(=O)CN1CCOCC1=O. The lowest BCUT2D eigenvalue weighted by Gasteiger charge is -2.43. The molecule has 6 heteroatoms. The first-order valence-electron chi connectivity index (χ1n) is 8.86. The molecule has 2 heterocycles. The molecule has 2 saturated heterocycles. The molecule has 0 aromatic rings. The van der Waals surface area contributed by atoms with Crippen LogP contribution < -0.4 is 0 Å². The first-order valence-corrected chi connectivity index (χ1v) is 8.86. The van der Waals surface area contributed by atoms with E-state index in [0.717, 1.165) is 45.1 Å². The smallest absolute Gasteiger partial charge is 0.249 e. The van der Waals surface area contributed by atoms with E-state index in [1.54, 1.807) is 4.90 Å². The Morgan fingerprint density at radius 3 is 2.87 bits per heavy atom. The Hall–Kier alpha value is -1.14. The van der Waals surface area contributed by atoms with Crippen molar-refractivity contribution < 1.29 is 19.4 Å². The van der Waals surface area contributed by atoms with Gasteiger partial charge in [0.1, 0.15) is 6.61 Å². The third-order valence-corrected chi connectivity index (χ3v) is 5.74. The summed E-state index contributed by atoms with van der Waals surface area (Å²) in [5.41, 5.74) is -0.680. The van der Waals surface area contributed by atoms with Crippen LogP contribution in [0.2, 0.25) is 0 Å². The highest BCUT2D eigenvalue weighted by atomic mass is 16.5. The van der Waals surface area contributed by atoms with Crippen molar-refractivity contribution in [2.75, 3.05) is 32.8 Å². The molecule has 3 atom stereocenters. The molecule has 3 aliphatic rings. The van der Waals surface area contributed by atoms with Gasteiger partial charge in [-0.25, -0.2) is 0 Å².